The van der Waals surface area contributed by atoms with Crippen LogP contribution in [-0.4, -0.2) is 111 Å². The van der Waals surface area contributed by atoms with Gasteiger partial charge in [-0.05, 0) is 89.4 Å². The largest absolute Gasteiger partial charge is 0.508 e. The summed E-state index contributed by atoms with van der Waals surface area (Å²) in [5.41, 5.74) is -0.272. The number of Topliss-reactive ketones (excluding diaryl/α,β-unsaturated/α-hetero) is 2. The number of hydrogen-bond donors (Lipinski definition) is 3. The third-order valence-electron chi connectivity index (χ3n) is 13.1. The van der Waals surface area contributed by atoms with Crippen molar-refractivity contribution < 1.29 is 53.1 Å². The summed E-state index contributed by atoms with van der Waals surface area (Å²) in [6.07, 6.45) is 0.516. The van der Waals surface area contributed by atoms with E-state index < -0.39 is 89.4 Å². The third-order valence-corrected chi connectivity index (χ3v) is 13.1. The van der Waals surface area contributed by atoms with Gasteiger partial charge in [0.05, 0.1) is 36.0 Å². The van der Waals surface area contributed by atoms with Crippen molar-refractivity contribution in [1.82, 2.24) is 15.2 Å². The van der Waals surface area contributed by atoms with Gasteiger partial charge in [0.1, 0.15) is 29.7 Å². The Morgan fingerprint density at radius 2 is 1.73 bits per heavy atom. The van der Waals surface area contributed by atoms with E-state index in [1.54, 1.807) is 65.9 Å². The summed E-state index contributed by atoms with van der Waals surface area (Å²) in [6.45, 7) is 14.1. The van der Waals surface area contributed by atoms with Gasteiger partial charge in [0, 0.05) is 41.9 Å². The Hall–Kier alpha value is -4.73. The maximum absolute atomic E-state index is 14.6. The molecule has 336 valence electrons. The number of carbonyl (C=O) groups excluding carboxylic acids is 4. The number of aromatic hydroxyl groups is 1. The van der Waals surface area contributed by atoms with E-state index in [9.17, 15) is 29.4 Å². The van der Waals surface area contributed by atoms with E-state index in [2.05, 4.69) is 10.3 Å². The number of esters is 1. The zero-order chi connectivity index (χ0) is 45.1. The second-order valence-corrected chi connectivity index (χ2v) is 18.0. The Balaban J connectivity index is 1.37. The topological polar surface area (TPSA) is 183 Å². The molecule has 2 aromatic carbocycles. The van der Waals surface area contributed by atoms with Gasteiger partial charge in [0.25, 0.3) is 0 Å². The van der Waals surface area contributed by atoms with Crippen molar-refractivity contribution in [2.75, 3.05) is 13.7 Å². The molecule has 3 N–H and O–H groups in total. The van der Waals surface area contributed by atoms with Gasteiger partial charge >= 0.3 is 12.1 Å². The standard InChI is InChI=1S/C48H63N3O11/c1-10-38-48(8)42(50-46(57)62-48)29(4)39(53)27(2)24-47(7,58-20-14-16-32-22-34-17-11-12-19-36(34)49-25-32)43(30(5)40(54)31(6)44(56)60-38)61-45-41(55)37(21-28(3)59-45)51(9)26-33-15-13-18-35(52)23-33/h11-19,22-23,25,27-31,37-38,41-43,45,52,55H,10,20-21,24,26H2,1-9H3,(H,50,57)/b16-14+/t27-,28-,29-,30+,31-,37+,38+,41-,42-,43-,45?,47+,48-/m1/s1. The highest BCUT2D eigenvalue weighted by atomic mass is 16.7. The van der Waals surface area contributed by atoms with Gasteiger partial charge in [0.2, 0.25) is 0 Å². The number of pyridine rings is 1. The quantitative estimate of drug-likeness (QED) is 0.151. The minimum absolute atomic E-state index is 0.0285. The Morgan fingerprint density at radius 1 is 0.984 bits per heavy atom. The van der Waals surface area contributed by atoms with Crippen LogP contribution in [-0.2, 0) is 44.6 Å². The van der Waals surface area contributed by atoms with Crippen molar-refractivity contribution in [3.8, 4) is 5.75 Å². The number of hydrogen-bond acceptors (Lipinski definition) is 13. The number of likely N-dealkylation sites (N-methyl/N-ethyl adjacent to an activating group) is 1. The van der Waals surface area contributed by atoms with Crippen LogP contribution in [0.15, 0.2) is 66.9 Å². The molecule has 6 rings (SSSR count). The normalized spacial score (nSPS) is 35.0. The van der Waals surface area contributed by atoms with Gasteiger partial charge < -0.3 is 39.2 Å². The van der Waals surface area contributed by atoms with Gasteiger partial charge in [-0.25, -0.2) is 4.79 Å². The van der Waals surface area contributed by atoms with Crippen LogP contribution < -0.4 is 5.32 Å². The number of para-hydroxylation sites is 1. The lowest BCUT2D eigenvalue weighted by Crippen LogP contribution is -2.60. The fraction of sp³-hybridized carbons (Fsp3) is 0.562. The molecule has 0 radical (unpaired) electrons. The van der Waals surface area contributed by atoms with E-state index in [0.29, 0.717) is 13.0 Å². The number of aliphatic hydroxyl groups is 1. The summed E-state index contributed by atoms with van der Waals surface area (Å²) >= 11 is 0. The van der Waals surface area contributed by atoms with E-state index in [4.69, 9.17) is 23.7 Å². The van der Waals surface area contributed by atoms with Crippen LogP contribution in [0.1, 0.15) is 85.8 Å². The first kappa shape index (κ1) is 46.8. The number of alkyl carbamates (subject to hydrolysis) is 1. The monoisotopic (exact) mass is 857 g/mol. The van der Waals surface area contributed by atoms with Crippen LogP contribution in [0.5, 0.6) is 5.75 Å². The second-order valence-electron chi connectivity index (χ2n) is 18.0. The van der Waals surface area contributed by atoms with Gasteiger partial charge in [-0.15, -0.1) is 0 Å². The second kappa shape index (κ2) is 19.3. The van der Waals surface area contributed by atoms with Crippen LogP contribution in [0.3, 0.4) is 0 Å². The summed E-state index contributed by atoms with van der Waals surface area (Å²) in [6, 6.07) is 15.4. The highest BCUT2D eigenvalue weighted by Crippen LogP contribution is 2.40. The number of ether oxygens (including phenoxy) is 5. The van der Waals surface area contributed by atoms with Crippen LogP contribution in [0.25, 0.3) is 17.0 Å². The van der Waals surface area contributed by atoms with E-state index in [0.717, 1.165) is 22.0 Å². The molecule has 0 bridgehead atoms. The summed E-state index contributed by atoms with van der Waals surface area (Å²) < 4.78 is 31.8. The number of aromatic nitrogens is 1. The lowest BCUT2D eigenvalue weighted by Gasteiger charge is -2.47. The summed E-state index contributed by atoms with van der Waals surface area (Å²) in [5.74, 6) is -5.22. The number of nitrogens with zero attached hydrogens (tertiary/aromatic N) is 2. The van der Waals surface area contributed by atoms with Gasteiger partial charge in [-0.2, -0.15) is 0 Å². The molecule has 13 atom stereocenters. The van der Waals surface area contributed by atoms with Crippen molar-refractivity contribution in [2.45, 2.75) is 135 Å². The summed E-state index contributed by atoms with van der Waals surface area (Å²) in [4.78, 5) is 62.5. The molecule has 3 aliphatic rings. The average molecular weight is 858 g/mol. The first-order chi connectivity index (χ1) is 29.3. The van der Waals surface area contributed by atoms with E-state index in [1.807, 2.05) is 67.4 Å². The molecular formula is C48H63N3O11. The molecule has 1 aromatic heterocycles. The molecule has 1 unspecified atom stereocenters. The maximum atomic E-state index is 14.6. The SMILES string of the molecule is CC[C@@H]1OC(=O)[C@H](C)C(=O)[C@H](C)[C@@H](OC2O[C@H](C)C[C@H](N(C)Cc3cccc(O)c3)[C@H]2O)[C@@](C)(OC/C=C/c2cnc3ccccc3c2)C[C@@H](C)C(=O)[C@@H](C)[C@H]2NC(=O)O[C@]12C. The third kappa shape index (κ3) is 10.0. The van der Waals surface area contributed by atoms with Crippen LogP contribution in [0.4, 0.5) is 4.79 Å². The molecule has 62 heavy (non-hydrogen) atoms. The first-order valence-corrected chi connectivity index (χ1v) is 21.7. The van der Waals surface area contributed by atoms with Crippen LogP contribution in [0.2, 0.25) is 0 Å². The zero-order valence-corrected chi connectivity index (χ0v) is 37.3. The van der Waals surface area contributed by atoms with Crippen molar-refractivity contribution in [2.24, 2.45) is 23.7 Å². The highest BCUT2D eigenvalue weighted by molar-refractivity contribution is 6.00. The molecule has 3 saturated heterocycles. The summed E-state index contributed by atoms with van der Waals surface area (Å²) in [5, 5.41) is 25.9. The number of aliphatic hydroxyl groups excluding tert-OH is 1. The number of benzene rings is 2. The molecule has 14 heteroatoms. The van der Waals surface area contributed by atoms with Crippen molar-refractivity contribution in [3.63, 3.8) is 0 Å². The number of nitrogens with one attached hydrogen (secondary N) is 1. The Bertz CT molecular complexity index is 2130. The maximum Gasteiger partial charge on any atom is 0.408 e. The van der Waals surface area contributed by atoms with Crippen molar-refractivity contribution >= 4 is 40.6 Å². The minimum Gasteiger partial charge on any atom is -0.508 e. The fourth-order valence-electron chi connectivity index (χ4n) is 9.71. The molecule has 3 aromatic rings. The number of phenols is 1. The lowest BCUT2D eigenvalue weighted by molar-refractivity contribution is -0.297. The predicted octanol–water partition coefficient (Wildman–Crippen LogP) is 6.39. The minimum atomic E-state index is -1.42. The summed E-state index contributed by atoms with van der Waals surface area (Å²) in [7, 11) is 1.87. The lowest BCUT2D eigenvalue weighted by atomic mass is 9.73. The van der Waals surface area contributed by atoms with Gasteiger partial charge in [-0.1, -0.05) is 70.2 Å². The van der Waals surface area contributed by atoms with Crippen molar-refractivity contribution in [3.05, 3.63) is 78.0 Å². The van der Waals surface area contributed by atoms with E-state index in [1.165, 1.54) is 6.92 Å². The number of carbonyl (C=O) groups is 4. The van der Waals surface area contributed by atoms with E-state index in [-0.39, 0.29) is 37.1 Å². The number of rotatable bonds is 10. The molecule has 14 nitrogen and oxygen atoms in total. The predicted molar refractivity (Wildman–Crippen MR) is 232 cm³/mol. The van der Waals surface area contributed by atoms with Crippen molar-refractivity contribution in [1.29, 1.82) is 0 Å². The number of fused-ring (bicyclic) bond motifs is 2. The molecule has 1 amide bonds. The molecule has 0 spiro atoms. The smallest absolute Gasteiger partial charge is 0.408 e. The van der Waals surface area contributed by atoms with Crippen LogP contribution >= 0.6 is 0 Å². The molecular weight excluding hydrogens is 795 g/mol. The molecule has 4 heterocycles. The Morgan fingerprint density at radius 3 is 2.45 bits per heavy atom. The fourth-order valence-corrected chi connectivity index (χ4v) is 9.71. The van der Waals surface area contributed by atoms with Gasteiger partial charge in [-0.3, -0.25) is 24.3 Å². The van der Waals surface area contributed by atoms with Crippen LogP contribution in [0, 0.1) is 23.7 Å². The number of amides is 1. The molecule has 0 saturated carbocycles. The number of phenolic OH excluding ortho intramolecular Hbond substituents is 1. The number of cyclic esters (lactones) is 1. The first-order valence-electron chi connectivity index (χ1n) is 21.7. The Kier molecular flexibility index (Phi) is 14.6. The van der Waals surface area contributed by atoms with E-state index >= 15 is 0 Å². The number of ketones is 2. The highest BCUT2D eigenvalue weighted by Gasteiger charge is 2.57. The Labute approximate surface area is 364 Å². The zero-order valence-electron chi connectivity index (χ0n) is 37.3. The molecule has 3 fully saturated rings. The molecule has 0 aliphatic carbocycles. The molecule has 3 aliphatic heterocycles. The average Bonchev–Trinajstić information content (AvgIpc) is 3.56. The van der Waals surface area contributed by atoms with Gasteiger partial charge in [0.15, 0.2) is 17.7 Å².